The van der Waals surface area contributed by atoms with Gasteiger partial charge in [-0.25, -0.2) is 9.78 Å². The van der Waals surface area contributed by atoms with Gasteiger partial charge in [0.15, 0.2) is 5.13 Å². The van der Waals surface area contributed by atoms with Crippen molar-refractivity contribution in [3.8, 4) is 0 Å². The van der Waals surface area contributed by atoms with Crippen molar-refractivity contribution in [3.05, 3.63) is 56.4 Å². The largest absolute Gasteiger partial charge is 0.460 e. The van der Waals surface area contributed by atoms with Crippen LogP contribution in [-0.4, -0.2) is 23.4 Å². The first-order valence-corrected chi connectivity index (χ1v) is 10.2. The molecule has 0 N–H and O–H groups in total. The number of carbonyl (C=O) groups is 2. The average Bonchev–Trinajstić information content (AvgIpc) is 3.31. The lowest BCUT2D eigenvalue weighted by Gasteiger charge is -2.10. The summed E-state index contributed by atoms with van der Waals surface area (Å²) >= 11 is 1.35. The molecule has 1 fully saturated rings. The molecule has 0 radical (unpaired) electrons. The first-order valence-electron chi connectivity index (χ1n) is 9.35. The third-order valence-electron chi connectivity index (χ3n) is 5.08. The van der Waals surface area contributed by atoms with Gasteiger partial charge >= 0.3 is 11.6 Å². The Labute approximate surface area is 170 Å². The fourth-order valence-corrected chi connectivity index (χ4v) is 4.22. The maximum atomic E-state index is 12.3. The first-order chi connectivity index (χ1) is 13.9. The van der Waals surface area contributed by atoms with Crippen LogP contribution in [0.25, 0.3) is 11.0 Å². The van der Waals surface area contributed by atoms with Crippen molar-refractivity contribution in [2.24, 2.45) is 0 Å². The van der Waals surface area contributed by atoms with Crippen LogP contribution in [-0.2, 0) is 27.4 Å². The molecule has 0 spiro atoms. The molecule has 0 atom stereocenters. The van der Waals surface area contributed by atoms with Crippen molar-refractivity contribution in [3.63, 3.8) is 0 Å². The summed E-state index contributed by atoms with van der Waals surface area (Å²) < 4.78 is 10.7. The summed E-state index contributed by atoms with van der Waals surface area (Å²) in [6.45, 7) is 4.48. The number of hydrogen-bond acceptors (Lipinski definition) is 7. The smallest absolute Gasteiger partial charge is 0.336 e. The van der Waals surface area contributed by atoms with Crippen LogP contribution in [0.15, 0.2) is 32.8 Å². The van der Waals surface area contributed by atoms with E-state index >= 15 is 0 Å². The molecule has 0 aliphatic carbocycles. The van der Waals surface area contributed by atoms with Crippen molar-refractivity contribution < 1.29 is 18.7 Å². The Morgan fingerprint density at radius 1 is 1.31 bits per heavy atom. The number of ether oxygens (including phenoxy) is 1. The molecule has 1 aromatic carbocycles. The lowest BCUT2D eigenvalue weighted by Crippen LogP contribution is -2.23. The molecule has 0 saturated carbocycles. The van der Waals surface area contributed by atoms with Gasteiger partial charge in [0.05, 0.1) is 12.1 Å². The van der Waals surface area contributed by atoms with E-state index in [-0.39, 0.29) is 18.9 Å². The number of fused-ring (bicyclic) bond motifs is 1. The molecule has 2 aromatic heterocycles. The van der Waals surface area contributed by atoms with E-state index in [2.05, 4.69) is 4.98 Å². The highest BCUT2D eigenvalue weighted by Gasteiger charge is 2.24. The number of nitrogens with zero attached hydrogens (tertiary/aromatic N) is 2. The zero-order chi connectivity index (χ0) is 20.5. The molecule has 3 aromatic rings. The molecule has 1 aliphatic heterocycles. The van der Waals surface area contributed by atoms with Crippen molar-refractivity contribution >= 4 is 39.3 Å². The molecular formula is C21H20N2O5S. The zero-order valence-electron chi connectivity index (χ0n) is 16.2. The predicted molar refractivity (Wildman–Crippen MR) is 109 cm³/mol. The van der Waals surface area contributed by atoms with E-state index < -0.39 is 11.6 Å². The van der Waals surface area contributed by atoms with Gasteiger partial charge in [-0.2, -0.15) is 0 Å². The molecule has 1 aliphatic rings. The van der Waals surface area contributed by atoms with Crippen LogP contribution in [0.1, 0.15) is 35.2 Å². The molecule has 8 heteroatoms. The third kappa shape index (κ3) is 3.93. The number of rotatable bonds is 5. The van der Waals surface area contributed by atoms with Gasteiger partial charge in [-0.05, 0) is 31.4 Å². The van der Waals surface area contributed by atoms with Gasteiger partial charge < -0.3 is 9.15 Å². The summed E-state index contributed by atoms with van der Waals surface area (Å²) in [5, 5.41) is 3.14. The number of anilines is 1. The highest BCUT2D eigenvalue weighted by molar-refractivity contribution is 7.14. The SMILES string of the molecule is Cc1ccc2c(COC(=O)Cc3csc(N4CCCC4=O)n3)cc(=O)oc2c1C. The lowest BCUT2D eigenvalue weighted by molar-refractivity contribution is -0.144. The number of benzene rings is 1. The van der Waals surface area contributed by atoms with E-state index in [1.54, 1.807) is 10.3 Å². The van der Waals surface area contributed by atoms with Gasteiger partial charge in [0, 0.05) is 35.4 Å². The second-order valence-corrected chi connectivity index (χ2v) is 7.92. The molecule has 29 heavy (non-hydrogen) atoms. The van der Waals surface area contributed by atoms with Gasteiger partial charge in [0.2, 0.25) is 5.91 Å². The molecular weight excluding hydrogens is 392 g/mol. The quantitative estimate of drug-likeness (QED) is 0.472. The van der Waals surface area contributed by atoms with E-state index in [1.165, 1.54) is 17.4 Å². The van der Waals surface area contributed by atoms with E-state index in [4.69, 9.17) is 9.15 Å². The Kier molecular flexibility index (Phi) is 5.19. The molecule has 150 valence electrons. The fraction of sp³-hybridized carbons (Fsp3) is 0.333. The van der Waals surface area contributed by atoms with Crippen molar-refractivity contribution in [1.29, 1.82) is 0 Å². The van der Waals surface area contributed by atoms with Crippen LogP contribution in [0, 0.1) is 13.8 Å². The minimum atomic E-state index is -0.475. The van der Waals surface area contributed by atoms with E-state index in [0.29, 0.717) is 34.9 Å². The van der Waals surface area contributed by atoms with Crippen LogP contribution in [0.4, 0.5) is 5.13 Å². The lowest BCUT2D eigenvalue weighted by atomic mass is 10.0. The zero-order valence-corrected chi connectivity index (χ0v) is 17.0. The maximum absolute atomic E-state index is 12.3. The number of esters is 1. The number of carbonyl (C=O) groups excluding carboxylic acids is 2. The molecule has 7 nitrogen and oxygen atoms in total. The van der Waals surface area contributed by atoms with Crippen molar-refractivity contribution in [2.45, 2.75) is 39.7 Å². The minimum absolute atomic E-state index is 0.00996. The minimum Gasteiger partial charge on any atom is -0.460 e. The van der Waals surface area contributed by atoms with E-state index in [1.807, 2.05) is 26.0 Å². The maximum Gasteiger partial charge on any atom is 0.336 e. The van der Waals surface area contributed by atoms with Gasteiger partial charge in [-0.15, -0.1) is 11.3 Å². The van der Waals surface area contributed by atoms with Crippen LogP contribution < -0.4 is 10.5 Å². The standard InChI is InChI=1S/C21H20N2O5S/c1-12-5-6-16-14(8-19(26)28-20(16)13(12)2)10-27-18(25)9-15-11-29-21(22-15)23-7-3-4-17(23)24/h5-6,8,11H,3-4,7,9-10H2,1-2H3. The highest BCUT2D eigenvalue weighted by atomic mass is 32.1. The summed E-state index contributed by atoms with van der Waals surface area (Å²) in [4.78, 5) is 42.0. The summed E-state index contributed by atoms with van der Waals surface area (Å²) in [5.41, 5.74) is 3.12. The Morgan fingerprint density at radius 2 is 2.14 bits per heavy atom. The molecule has 4 rings (SSSR count). The Balaban J connectivity index is 1.45. The van der Waals surface area contributed by atoms with Gasteiger partial charge in [-0.1, -0.05) is 12.1 Å². The van der Waals surface area contributed by atoms with E-state index in [0.717, 1.165) is 22.9 Å². The predicted octanol–water partition coefficient (Wildman–Crippen LogP) is 3.28. The molecule has 1 amide bonds. The molecule has 1 saturated heterocycles. The monoisotopic (exact) mass is 412 g/mol. The number of aryl methyl sites for hydroxylation is 2. The second-order valence-electron chi connectivity index (χ2n) is 7.08. The number of hydrogen-bond donors (Lipinski definition) is 0. The summed E-state index contributed by atoms with van der Waals surface area (Å²) in [7, 11) is 0. The normalized spacial score (nSPS) is 14.0. The third-order valence-corrected chi connectivity index (χ3v) is 5.99. The highest BCUT2D eigenvalue weighted by Crippen LogP contribution is 2.26. The number of amides is 1. The molecule has 0 bridgehead atoms. The van der Waals surface area contributed by atoms with Crippen LogP contribution in [0.3, 0.4) is 0 Å². The van der Waals surface area contributed by atoms with Gasteiger partial charge in [0.25, 0.3) is 0 Å². The fourth-order valence-electron chi connectivity index (χ4n) is 3.35. The second kappa shape index (κ2) is 7.79. The van der Waals surface area contributed by atoms with Crippen LogP contribution >= 0.6 is 11.3 Å². The summed E-state index contributed by atoms with van der Waals surface area (Å²) in [6, 6.07) is 5.16. The Hall–Kier alpha value is -3.00. The Morgan fingerprint density at radius 3 is 2.90 bits per heavy atom. The summed E-state index contributed by atoms with van der Waals surface area (Å²) in [5.74, 6) is -0.381. The van der Waals surface area contributed by atoms with Crippen molar-refractivity contribution in [1.82, 2.24) is 4.98 Å². The topological polar surface area (TPSA) is 89.7 Å². The molecule has 3 heterocycles. The van der Waals surface area contributed by atoms with Crippen molar-refractivity contribution in [2.75, 3.05) is 11.4 Å². The van der Waals surface area contributed by atoms with Crippen LogP contribution in [0.5, 0.6) is 0 Å². The number of thiazole rings is 1. The van der Waals surface area contributed by atoms with Gasteiger partial charge in [-0.3, -0.25) is 14.5 Å². The Bertz CT molecular complexity index is 1160. The first kappa shape index (κ1) is 19.3. The average molecular weight is 412 g/mol. The number of aromatic nitrogens is 1. The van der Waals surface area contributed by atoms with Crippen LogP contribution in [0.2, 0.25) is 0 Å². The summed E-state index contributed by atoms with van der Waals surface area (Å²) in [6.07, 6.45) is 1.37. The van der Waals surface area contributed by atoms with Gasteiger partial charge in [0.1, 0.15) is 12.2 Å². The van der Waals surface area contributed by atoms with E-state index in [9.17, 15) is 14.4 Å². The molecule has 0 unspecified atom stereocenters.